The zero-order chi connectivity index (χ0) is 17.6. The molecule has 2 heterocycles. The van der Waals surface area contributed by atoms with Gasteiger partial charge in [-0.1, -0.05) is 0 Å². The third-order valence-corrected chi connectivity index (χ3v) is 3.93. The molecule has 0 unspecified atom stereocenters. The molecule has 0 atom stereocenters. The Hall–Kier alpha value is -3.16. The fraction of sp³-hybridized carbons (Fsp3) is 0.294. The van der Waals surface area contributed by atoms with Gasteiger partial charge in [0.15, 0.2) is 5.82 Å². The smallest absolute Gasteiger partial charge is 0.227 e. The molecule has 1 N–H and O–H groups in total. The van der Waals surface area contributed by atoms with Gasteiger partial charge in [0.1, 0.15) is 18.4 Å². The highest BCUT2D eigenvalue weighted by Gasteiger charge is 2.14. The first-order chi connectivity index (χ1) is 12.2. The number of ether oxygens (including phenoxy) is 1. The molecule has 0 spiro atoms. The summed E-state index contributed by atoms with van der Waals surface area (Å²) in [6.45, 7) is 0.664. The maximum Gasteiger partial charge on any atom is 0.227 e. The van der Waals surface area contributed by atoms with Crippen molar-refractivity contribution in [3.63, 3.8) is 0 Å². The Bertz CT molecular complexity index is 810. The number of nitrogens with one attached hydrogen (secondary N) is 1. The molecule has 25 heavy (non-hydrogen) atoms. The third-order valence-electron chi connectivity index (χ3n) is 3.93. The van der Waals surface area contributed by atoms with E-state index in [9.17, 15) is 4.79 Å². The van der Waals surface area contributed by atoms with E-state index in [-0.39, 0.29) is 5.91 Å². The lowest BCUT2D eigenvalue weighted by Gasteiger charge is -2.13. The molecule has 8 nitrogen and oxygen atoms in total. The second-order valence-corrected chi connectivity index (χ2v) is 5.58. The van der Waals surface area contributed by atoms with Gasteiger partial charge in [0, 0.05) is 26.1 Å². The fourth-order valence-corrected chi connectivity index (χ4v) is 2.44. The lowest BCUT2D eigenvalue weighted by Crippen LogP contribution is -2.26. The van der Waals surface area contributed by atoms with Crippen LogP contribution in [-0.2, 0) is 11.3 Å². The molecule has 1 aromatic carbocycles. The van der Waals surface area contributed by atoms with Crippen molar-refractivity contribution in [2.24, 2.45) is 0 Å². The number of carbonyl (C=O) groups is 1. The molecular formula is C17H20N6O2. The number of aromatic amines is 1. The average molecular weight is 340 g/mol. The lowest BCUT2D eigenvalue weighted by atomic mass is 10.1. The number of nitrogens with zero attached hydrogens (tertiary/aromatic N) is 5. The number of benzene rings is 1. The average Bonchev–Trinajstić information content (AvgIpc) is 3.33. The Morgan fingerprint density at radius 3 is 2.80 bits per heavy atom. The highest BCUT2D eigenvalue weighted by Crippen LogP contribution is 2.23. The van der Waals surface area contributed by atoms with Crippen molar-refractivity contribution in [2.75, 3.05) is 19.1 Å². The Morgan fingerprint density at radius 2 is 2.12 bits per heavy atom. The topological polar surface area (TPSA) is 88.9 Å². The first-order valence-electron chi connectivity index (χ1n) is 7.96. The summed E-state index contributed by atoms with van der Waals surface area (Å²) < 4.78 is 6.87. The minimum atomic E-state index is 0.00731. The summed E-state index contributed by atoms with van der Waals surface area (Å²) in [6.07, 6.45) is 4.24. The number of aryl methyl sites for hydroxylation is 1. The summed E-state index contributed by atoms with van der Waals surface area (Å²) in [7, 11) is 3.36. The van der Waals surface area contributed by atoms with E-state index in [1.165, 1.54) is 6.33 Å². The maximum absolute atomic E-state index is 12.3. The van der Waals surface area contributed by atoms with Crippen LogP contribution in [-0.4, -0.2) is 45.0 Å². The van der Waals surface area contributed by atoms with E-state index in [0.29, 0.717) is 25.2 Å². The van der Waals surface area contributed by atoms with Gasteiger partial charge >= 0.3 is 0 Å². The highest BCUT2D eigenvalue weighted by molar-refractivity contribution is 5.92. The molecule has 130 valence electrons. The van der Waals surface area contributed by atoms with Gasteiger partial charge in [0.05, 0.1) is 12.8 Å². The monoisotopic (exact) mass is 340 g/mol. The first kappa shape index (κ1) is 16.7. The second kappa shape index (κ2) is 7.61. The van der Waals surface area contributed by atoms with Crippen molar-refractivity contribution in [2.45, 2.75) is 19.4 Å². The molecule has 0 fully saturated rings. The number of hydrogen-bond donors (Lipinski definition) is 1. The molecular weight excluding hydrogens is 320 g/mol. The quantitative estimate of drug-likeness (QED) is 0.711. The number of amides is 1. The molecule has 0 saturated heterocycles. The number of methoxy groups -OCH3 is 1. The second-order valence-electron chi connectivity index (χ2n) is 5.58. The molecule has 0 radical (unpaired) electrons. The number of aromatic nitrogens is 5. The van der Waals surface area contributed by atoms with E-state index < -0.39 is 0 Å². The van der Waals surface area contributed by atoms with Crippen LogP contribution in [0.1, 0.15) is 12.8 Å². The number of H-pyrrole nitrogens is 1. The Balaban J connectivity index is 1.59. The van der Waals surface area contributed by atoms with Crippen LogP contribution in [0.25, 0.3) is 11.3 Å². The molecule has 8 heteroatoms. The van der Waals surface area contributed by atoms with Crippen LogP contribution in [0.15, 0.2) is 43.0 Å². The van der Waals surface area contributed by atoms with Crippen molar-refractivity contribution >= 4 is 11.7 Å². The summed E-state index contributed by atoms with van der Waals surface area (Å²) >= 11 is 0. The SMILES string of the molecule is COc1ccc(-c2cc(N(C)C(=O)CCCn3cncn3)n[nH]2)cc1. The predicted molar refractivity (Wildman–Crippen MR) is 93.2 cm³/mol. The van der Waals surface area contributed by atoms with Crippen LogP contribution in [0, 0.1) is 0 Å². The first-order valence-corrected chi connectivity index (χ1v) is 7.96. The van der Waals surface area contributed by atoms with Crippen LogP contribution in [0.2, 0.25) is 0 Å². The Kier molecular flexibility index (Phi) is 5.08. The molecule has 0 aliphatic carbocycles. The molecule has 0 bridgehead atoms. The minimum absolute atomic E-state index is 0.00731. The van der Waals surface area contributed by atoms with Crippen molar-refractivity contribution < 1.29 is 9.53 Å². The largest absolute Gasteiger partial charge is 0.497 e. The van der Waals surface area contributed by atoms with Crippen molar-refractivity contribution in [1.82, 2.24) is 25.0 Å². The van der Waals surface area contributed by atoms with Gasteiger partial charge < -0.3 is 4.74 Å². The summed E-state index contributed by atoms with van der Waals surface area (Å²) in [5.41, 5.74) is 1.83. The molecule has 0 saturated carbocycles. The van der Waals surface area contributed by atoms with Gasteiger partial charge in [-0.25, -0.2) is 4.98 Å². The normalized spacial score (nSPS) is 10.6. The van der Waals surface area contributed by atoms with Gasteiger partial charge in [-0.05, 0) is 36.2 Å². The van der Waals surface area contributed by atoms with E-state index in [1.54, 1.807) is 30.1 Å². The zero-order valence-electron chi connectivity index (χ0n) is 14.2. The molecule has 3 aromatic rings. The molecule has 1 amide bonds. The van der Waals surface area contributed by atoms with Gasteiger partial charge in [0.25, 0.3) is 0 Å². The molecule has 2 aromatic heterocycles. The third kappa shape index (κ3) is 4.03. The van der Waals surface area contributed by atoms with Crippen LogP contribution in [0.3, 0.4) is 0 Å². The van der Waals surface area contributed by atoms with Gasteiger partial charge in [-0.15, -0.1) is 0 Å². The summed E-state index contributed by atoms with van der Waals surface area (Å²) in [6, 6.07) is 9.51. The van der Waals surface area contributed by atoms with Crippen LogP contribution in [0.5, 0.6) is 5.75 Å². The van der Waals surface area contributed by atoms with E-state index in [4.69, 9.17) is 4.74 Å². The maximum atomic E-state index is 12.3. The van der Waals surface area contributed by atoms with Crippen LogP contribution in [0.4, 0.5) is 5.82 Å². The highest BCUT2D eigenvalue weighted by atomic mass is 16.5. The molecule has 3 rings (SSSR count). The van der Waals surface area contributed by atoms with E-state index >= 15 is 0 Å². The van der Waals surface area contributed by atoms with Crippen LogP contribution >= 0.6 is 0 Å². The summed E-state index contributed by atoms with van der Waals surface area (Å²) in [5.74, 6) is 1.40. The van der Waals surface area contributed by atoms with E-state index in [2.05, 4.69) is 20.3 Å². The lowest BCUT2D eigenvalue weighted by molar-refractivity contribution is -0.118. The Labute approximate surface area is 145 Å². The molecule has 0 aliphatic heterocycles. The van der Waals surface area contributed by atoms with Crippen LogP contribution < -0.4 is 9.64 Å². The molecule has 0 aliphatic rings. The van der Waals surface area contributed by atoms with Crippen molar-refractivity contribution in [3.05, 3.63) is 43.0 Å². The van der Waals surface area contributed by atoms with Gasteiger partial charge in [-0.2, -0.15) is 10.2 Å². The fourth-order valence-electron chi connectivity index (χ4n) is 2.44. The number of rotatable bonds is 7. The van der Waals surface area contributed by atoms with Crippen molar-refractivity contribution in [3.8, 4) is 17.0 Å². The van der Waals surface area contributed by atoms with Crippen molar-refractivity contribution in [1.29, 1.82) is 0 Å². The summed E-state index contributed by atoms with van der Waals surface area (Å²) in [5, 5.41) is 11.2. The number of carbonyl (C=O) groups excluding carboxylic acids is 1. The van der Waals surface area contributed by atoms with Gasteiger partial charge in [-0.3, -0.25) is 19.5 Å². The van der Waals surface area contributed by atoms with E-state index in [0.717, 1.165) is 17.0 Å². The predicted octanol–water partition coefficient (Wildman–Crippen LogP) is 2.12. The number of anilines is 1. The minimum Gasteiger partial charge on any atom is -0.497 e. The van der Waals surface area contributed by atoms with Gasteiger partial charge in [0.2, 0.25) is 5.91 Å². The Morgan fingerprint density at radius 1 is 1.32 bits per heavy atom. The van der Waals surface area contributed by atoms with E-state index in [1.807, 2.05) is 30.3 Å². The zero-order valence-corrected chi connectivity index (χ0v) is 14.2. The standard InChI is InChI=1S/C17H20N6O2/c1-22(17(24)4-3-9-23-12-18-11-19-23)16-10-15(20-21-16)13-5-7-14(25-2)8-6-13/h5-8,10-12H,3-4,9H2,1-2H3,(H,20,21). The number of hydrogen-bond acceptors (Lipinski definition) is 5. The summed E-state index contributed by atoms with van der Waals surface area (Å²) in [4.78, 5) is 17.8.